The van der Waals surface area contributed by atoms with Crippen LogP contribution < -0.4 is 10.2 Å². The summed E-state index contributed by atoms with van der Waals surface area (Å²) in [6, 6.07) is 10.5. The molecule has 2 heterocycles. The Labute approximate surface area is 131 Å². The van der Waals surface area contributed by atoms with Crippen molar-refractivity contribution in [1.82, 2.24) is 10.3 Å². The maximum absolute atomic E-state index is 6.48. The normalized spacial score (nSPS) is 17.7. The summed E-state index contributed by atoms with van der Waals surface area (Å²) in [6.45, 7) is 4.00. The van der Waals surface area contributed by atoms with Crippen LogP contribution in [0.2, 0.25) is 5.02 Å². The lowest BCUT2D eigenvalue weighted by Crippen LogP contribution is -2.31. The Bertz CT molecular complexity index is 642. The summed E-state index contributed by atoms with van der Waals surface area (Å²) >= 11 is 6.48. The molecule has 1 aromatic carbocycles. The van der Waals surface area contributed by atoms with Crippen LogP contribution >= 0.6 is 11.6 Å². The van der Waals surface area contributed by atoms with E-state index in [1.54, 1.807) is 0 Å². The number of anilines is 2. The molecule has 1 unspecified atom stereocenters. The second-order valence-electron chi connectivity index (χ2n) is 5.73. The van der Waals surface area contributed by atoms with Crippen LogP contribution in [-0.2, 0) is 13.0 Å². The molecule has 1 atom stereocenters. The van der Waals surface area contributed by atoms with Gasteiger partial charge in [-0.15, -0.1) is 0 Å². The number of hydrogen-bond acceptors (Lipinski definition) is 3. The first-order valence-corrected chi connectivity index (χ1v) is 7.71. The number of pyridine rings is 1. The number of para-hydroxylation sites is 1. The Balaban J connectivity index is 2.00. The smallest absolute Gasteiger partial charge is 0.151 e. The Hall–Kier alpha value is -1.58. The largest absolute Gasteiger partial charge is 0.325 e. The van der Waals surface area contributed by atoms with Crippen molar-refractivity contribution in [2.45, 2.75) is 19.9 Å². The van der Waals surface area contributed by atoms with Gasteiger partial charge < -0.3 is 10.2 Å². The maximum Gasteiger partial charge on any atom is 0.151 e. The SMILES string of the molecule is CNCc1cnc(N2CC(C)Cc3ccccc32)c(Cl)c1. The number of benzene rings is 1. The van der Waals surface area contributed by atoms with Crippen LogP contribution in [0, 0.1) is 5.92 Å². The number of fused-ring (bicyclic) bond motifs is 1. The number of nitrogens with zero attached hydrogens (tertiary/aromatic N) is 2. The average Bonchev–Trinajstić information content (AvgIpc) is 2.47. The molecule has 0 fully saturated rings. The van der Waals surface area contributed by atoms with Crippen LogP contribution in [0.4, 0.5) is 11.5 Å². The van der Waals surface area contributed by atoms with Crippen molar-refractivity contribution < 1.29 is 0 Å². The van der Waals surface area contributed by atoms with Crippen LogP contribution in [0.1, 0.15) is 18.1 Å². The first-order chi connectivity index (χ1) is 10.2. The molecule has 1 aromatic heterocycles. The van der Waals surface area contributed by atoms with E-state index in [0.717, 1.165) is 30.9 Å². The lowest BCUT2D eigenvalue weighted by Gasteiger charge is -2.34. The summed E-state index contributed by atoms with van der Waals surface area (Å²) in [5, 5.41) is 3.84. The van der Waals surface area contributed by atoms with E-state index >= 15 is 0 Å². The molecule has 1 aliphatic heterocycles. The lowest BCUT2D eigenvalue weighted by atomic mass is 9.94. The molecular formula is C17H20ClN3. The number of hydrogen-bond donors (Lipinski definition) is 1. The van der Waals surface area contributed by atoms with Crippen molar-refractivity contribution >= 4 is 23.1 Å². The summed E-state index contributed by atoms with van der Waals surface area (Å²) in [5.41, 5.74) is 3.70. The Kier molecular flexibility index (Phi) is 4.13. The van der Waals surface area contributed by atoms with Gasteiger partial charge in [0.15, 0.2) is 5.82 Å². The highest BCUT2D eigenvalue weighted by Gasteiger charge is 2.24. The molecule has 0 amide bonds. The van der Waals surface area contributed by atoms with E-state index in [2.05, 4.69) is 46.4 Å². The van der Waals surface area contributed by atoms with Crippen molar-refractivity contribution in [3.8, 4) is 0 Å². The van der Waals surface area contributed by atoms with Gasteiger partial charge in [-0.05, 0) is 42.6 Å². The minimum Gasteiger partial charge on any atom is -0.325 e. The molecule has 0 radical (unpaired) electrons. The molecule has 0 spiro atoms. The molecule has 0 saturated heterocycles. The third kappa shape index (κ3) is 2.89. The second-order valence-corrected chi connectivity index (χ2v) is 6.14. The summed E-state index contributed by atoms with van der Waals surface area (Å²) in [6.07, 6.45) is 3.02. The minimum absolute atomic E-state index is 0.592. The van der Waals surface area contributed by atoms with Crippen LogP contribution in [0.15, 0.2) is 36.5 Å². The maximum atomic E-state index is 6.48. The fourth-order valence-electron chi connectivity index (χ4n) is 2.97. The van der Waals surface area contributed by atoms with E-state index in [0.29, 0.717) is 10.9 Å². The van der Waals surface area contributed by atoms with Gasteiger partial charge in [0.2, 0.25) is 0 Å². The van der Waals surface area contributed by atoms with Crippen molar-refractivity contribution in [2.75, 3.05) is 18.5 Å². The highest BCUT2D eigenvalue weighted by molar-refractivity contribution is 6.33. The summed E-state index contributed by atoms with van der Waals surface area (Å²) < 4.78 is 0. The van der Waals surface area contributed by atoms with Crippen LogP contribution in [0.5, 0.6) is 0 Å². The number of aromatic nitrogens is 1. The van der Waals surface area contributed by atoms with Gasteiger partial charge in [-0.2, -0.15) is 0 Å². The summed E-state index contributed by atoms with van der Waals surface area (Å²) in [4.78, 5) is 6.85. The van der Waals surface area contributed by atoms with Crippen LogP contribution in [0.3, 0.4) is 0 Å². The highest BCUT2D eigenvalue weighted by Crippen LogP contribution is 2.37. The van der Waals surface area contributed by atoms with Gasteiger partial charge >= 0.3 is 0 Å². The molecule has 4 heteroatoms. The number of rotatable bonds is 3. The topological polar surface area (TPSA) is 28.2 Å². The molecular weight excluding hydrogens is 282 g/mol. The third-order valence-corrected chi connectivity index (χ3v) is 4.14. The van der Waals surface area contributed by atoms with Crippen molar-refractivity contribution in [3.05, 3.63) is 52.7 Å². The second kappa shape index (κ2) is 6.04. The predicted octanol–water partition coefficient (Wildman–Crippen LogP) is 3.78. The molecule has 2 aromatic rings. The fraction of sp³-hybridized carbons (Fsp3) is 0.353. The fourth-order valence-corrected chi connectivity index (χ4v) is 3.26. The number of nitrogens with one attached hydrogen (secondary N) is 1. The van der Waals surface area contributed by atoms with Gasteiger partial charge in [-0.3, -0.25) is 0 Å². The Morgan fingerprint density at radius 3 is 2.95 bits per heavy atom. The molecule has 0 bridgehead atoms. The molecule has 3 rings (SSSR count). The zero-order valence-electron chi connectivity index (χ0n) is 12.4. The molecule has 0 aliphatic carbocycles. The molecule has 1 aliphatic rings. The molecule has 110 valence electrons. The van der Waals surface area contributed by atoms with E-state index in [4.69, 9.17) is 11.6 Å². The zero-order valence-corrected chi connectivity index (χ0v) is 13.2. The van der Waals surface area contributed by atoms with Crippen LogP contribution in [0.25, 0.3) is 0 Å². The first-order valence-electron chi connectivity index (χ1n) is 7.33. The highest BCUT2D eigenvalue weighted by atomic mass is 35.5. The van der Waals surface area contributed by atoms with Gasteiger partial charge in [0.1, 0.15) is 0 Å². The van der Waals surface area contributed by atoms with E-state index in [1.165, 1.54) is 11.3 Å². The van der Waals surface area contributed by atoms with Crippen molar-refractivity contribution in [3.63, 3.8) is 0 Å². The molecule has 0 saturated carbocycles. The summed E-state index contributed by atoms with van der Waals surface area (Å²) in [5.74, 6) is 1.45. The Morgan fingerprint density at radius 2 is 2.19 bits per heavy atom. The van der Waals surface area contributed by atoms with E-state index in [1.807, 2.05) is 19.3 Å². The molecule has 1 N–H and O–H groups in total. The quantitative estimate of drug-likeness (QED) is 0.935. The van der Waals surface area contributed by atoms with E-state index in [-0.39, 0.29) is 0 Å². The first kappa shape index (κ1) is 14.4. The third-order valence-electron chi connectivity index (χ3n) is 3.86. The monoisotopic (exact) mass is 301 g/mol. The van der Waals surface area contributed by atoms with Gasteiger partial charge in [-0.25, -0.2) is 4.98 Å². The predicted molar refractivity (Wildman–Crippen MR) is 88.3 cm³/mol. The van der Waals surface area contributed by atoms with E-state index in [9.17, 15) is 0 Å². The van der Waals surface area contributed by atoms with Crippen molar-refractivity contribution in [1.29, 1.82) is 0 Å². The lowest BCUT2D eigenvalue weighted by molar-refractivity contribution is 0.560. The average molecular weight is 302 g/mol. The van der Waals surface area contributed by atoms with Gasteiger partial charge in [0, 0.05) is 25.0 Å². The minimum atomic E-state index is 0.592. The van der Waals surface area contributed by atoms with Crippen LogP contribution in [-0.4, -0.2) is 18.6 Å². The molecule has 3 nitrogen and oxygen atoms in total. The molecule has 21 heavy (non-hydrogen) atoms. The summed E-state index contributed by atoms with van der Waals surface area (Å²) in [7, 11) is 1.92. The van der Waals surface area contributed by atoms with Gasteiger partial charge in [0.05, 0.1) is 5.02 Å². The number of halogens is 1. The van der Waals surface area contributed by atoms with E-state index < -0.39 is 0 Å². The van der Waals surface area contributed by atoms with Gasteiger partial charge in [0.25, 0.3) is 0 Å². The Morgan fingerprint density at radius 1 is 1.38 bits per heavy atom. The zero-order chi connectivity index (χ0) is 14.8. The van der Waals surface area contributed by atoms with Gasteiger partial charge in [-0.1, -0.05) is 36.7 Å². The standard InChI is InChI=1S/C17H20ClN3/c1-12-7-14-5-3-4-6-16(14)21(11-12)17-15(18)8-13(9-19-2)10-20-17/h3-6,8,10,12,19H,7,9,11H2,1-2H3. The van der Waals surface area contributed by atoms with Crippen molar-refractivity contribution in [2.24, 2.45) is 5.92 Å².